The summed E-state index contributed by atoms with van der Waals surface area (Å²) in [4.78, 5) is 19.0. The van der Waals surface area contributed by atoms with Crippen LogP contribution in [0.2, 0.25) is 0 Å². The number of piperidine rings is 2. The first-order valence-electron chi connectivity index (χ1n) is 14.3. The molecule has 8 heteroatoms. The van der Waals surface area contributed by atoms with Crippen molar-refractivity contribution in [1.82, 2.24) is 19.5 Å². The van der Waals surface area contributed by atoms with Crippen LogP contribution in [0.25, 0.3) is 10.9 Å². The first-order valence-corrected chi connectivity index (χ1v) is 14.3. The van der Waals surface area contributed by atoms with Crippen molar-refractivity contribution in [3.05, 3.63) is 70.9 Å². The average Bonchev–Trinajstić information content (AvgIpc) is 3.25. The number of hydrazone groups is 1. The predicted octanol–water partition coefficient (Wildman–Crippen LogP) is 5.92. The van der Waals surface area contributed by atoms with E-state index in [0.29, 0.717) is 5.95 Å². The molecule has 1 N–H and O–H groups in total. The zero-order valence-electron chi connectivity index (χ0n) is 23.1. The topological polar surface area (TPSA) is 74.5 Å². The van der Waals surface area contributed by atoms with E-state index in [4.69, 9.17) is 15.0 Å². The Labute approximate surface area is 230 Å². The molecule has 0 atom stereocenters. The van der Waals surface area contributed by atoms with Crippen LogP contribution in [0.4, 0.5) is 17.8 Å². The third kappa shape index (κ3) is 5.46. The molecule has 2 saturated heterocycles. The second-order valence-corrected chi connectivity index (χ2v) is 10.8. The molecule has 0 amide bonds. The molecule has 0 aliphatic carbocycles. The van der Waals surface area contributed by atoms with Gasteiger partial charge in [0.15, 0.2) is 0 Å². The van der Waals surface area contributed by atoms with Crippen molar-refractivity contribution in [3.8, 4) is 0 Å². The second kappa shape index (κ2) is 11.4. The number of nitrogens with zero attached hydrogens (tertiary/aromatic N) is 7. The largest absolute Gasteiger partial charge is 0.341 e. The summed E-state index contributed by atoms with van der Waals surface area (Å²) >= 11 is 0. The maximum atomic E-state index is 4.89. The number of para-hydroxylation sites is 1. The molecule has 0 spiro atoms. The lowest BCUT2D eigenvalue weighted by Crippen LogP contribution is -2.34. The van der Waals surface area contributed by atoms with Crippen molar-refractivity contribution in [2.75, 3.05) is 41.4 Å². The standard InChI is InChI=1S/C31H38N8/c1-23-13-5-6-14-25(23)22-39-24(2)27(26-15-7-8-16-28(26)39)21-32-36-29-33-30(37-17-9-3-10-18-37)35-31(34-29)38-19-11-4-12-20-38/h5-8,13-16,21H,3-4,9-12,17-20,22H2,1-2H3,(H,33,34,35,36)/b32-21-. The Morgan fingerprint density at radius 3 is 2.05 bits per heavy atom. The fraction of sp³-hybridized carbons (Fsp3) is 0.419. The second-order valence-electron chi connectivity index (χ2n) is 10.8. The maximum Gasteiger partial charge on any atom is 0.250 e. The molecule has 4 aromatic rings. The lowest BCUT2D eigenvalue weighted by atomic mass is 10.1. The molecule has 2 aliphatic rings. The summed E-state index contributed by atoms with van der Waals surface area (Å²) in [6.07, 6.45) is 9.17. The third-order valence-corrected chi connectivity index (χ3v) is 8.12. The van der Waals surface area contributed by atoms with Crippen molar-refractivity contribution >= 4 is 35.0 Å². The molecule has 8 nitrogen and oxygen atoms in total. The van der Waals surface area contributed by atoms with Crippen LogP contribution in [0, 0.1) is 13.8 Å². The summed E-state index contributed by atoms with van der Waals surface area (Å²) in [7, 11) is 0. The van der Waals surface area contributed by atoms with Crippen LogP contribution in [0.3, 0.4) is 0 Å². The first kappa shape index (κ1) is 25.3. The van der Waals surface area contributed by atoms with Gasteiger partial charge in [0.05, 0.1) is 6.21 Å². The van der Waals surface area contributed by atoms with Crippen molar-refractivity contribution in [3.63, 3.8) is 0 Å². The van der Waals surface area contributed by atoms with Gasteiger partial charge in [0.2, 0.25) is 17.8 Å². The van der Waals surface area contributed by atoms with Crippen LogP contribution in [0.1, 0.15) is 60.9 Å². The highest BCUT2D eigenvalue weighted by molar-refractivity contribution is 6.01. The Morgan fingerprint density at radius 1 is 0.769 bits per heavy atom. The highest BCUT2D eigenvalue weighted by Gasteiger charge is 2.20. The molecule has 2 aromatic carbocycles. The van der Waals surface area contributed by atoms with Crippen LogP contribution in [-0.4, -0.2) is 51.9 Å². The fourth-order valence-electron chi connectivity index (χ4n) is 5.81. The lowest BCUT2D eigenvalue weighted by molar-refractivity contribution is 0.556. The molecule has 2 aromatic heterocycles. The SMILES string of the molecule is Cc1ccccc1Cn1c(C)c(/C=N\Nc2nc(N3CCCCC3)nc(N3CCCCC3)n2)c2ccccc21. The summed E-state index contributed by atoms with van der Waals surface area (Å²) in [5.41, 5.74) is 9.28. The number of hydrogen-bond acceptors (Lipinski definition) is 7. The minimum absolute atomic E-state index is 0.503. The number of anilines is 3. The molecular formula is C31H38N8. The van der Waals surface area contributed by atoms with Gasteiger partial charge in [-0.05, 0) is 69.6 Å². The van der Waals surface area contributed by atoms with Gasteiger partial charge in [0.25, 0.3) is 0 Å². The van der Waals surface area contributed by atoms with Gasteiger partial charge in [-0.25, -0.2) is 5.43 Å². The third-order valence-electron chi connectivity index (χ3n) is 8.12. The molecule has 2 fully saturated rings. The maximum absolute atomic E-state index is 4.89. The van der Waals surface area contributed by atoms with Crippen molar-refractivity contribution < 1.29 is 0 Å². The van der Waals surface area contributed by atoms with E-state index < -0.39 is 0 Å². The molecule has 202 valence electrons. The number of aryl methyl sites for hydroxylation is 1. The normalized spacial score (nSPS) is 16.4. The number of fused-ring (bicyclic) bond motifs is 1. The van der Waals surface area contributed by atoms with Crippen LogP contribution < -0.4 is 15.2 Å². The minimum Gasteiger partial charge on any atom is -0.341 e. The molecule has 39 heavy (non-hydrogen) atoms. The van der Waals surface area contributed by atoms with Gasteiger partial charge in [-0.1, -0.05) is 42.5 Å². The fourth-order valence-corrected chi connectivity index (χ4v) is 5.81. The van der Waals surface area contributed by atoms with Gasteiger partial charge < -0.3 is 14.4 Å². The van der Waals surface area contributed by atoms with E-state index in [1.54, 1.807) is 0 Å². The highest BCUT2D eigenvalue weighted by atomic mass is 15.4. The van der Waals surface area contributed by atoms with E-state index >= 15 is 0 Å². The van der Waals surface area contributed by atoms with E-state index in [-0.39, 0.29) is 0 Å². The Balaban J connectivity index is 1.30. The van der Waals surface area contributed by atoms with Crippen LogP contribution in [0.15, 0.2) is 53.6 Å². The lowest BCUT2D eigenvalue weighted by Gasteiger charge is -2.30. The van der Waals surface area contributed by atoms with Gasteiger partial charge in [-0.15, -0.1) is 0 Å². The molecular weight excluding hydrogens is 484 g/mol. The van der Waals surface area contributed by atoms with Crippen LogP contribution >= 0.6 is 0 Å². The van der Waals surface area contributed by atoms with Gasteiger partial charge in [-0.3, -0.25) is 0 Å². The Morgan fingerprint density at radius 2 is 1.38 bits per heavy atom. The first-order chi connectivity index (χ1) is 19.2. The zero-order valence-corrected chi connectivity index (χ0v) is 23.1. The van der Waals surface area contributed by atoms with E-state index in [1.807, 2.05) is 6.21 Å². The van der Waals surface area contributed by atoms with Gasteiger partial charge in [0, 0.05) is 54.9 Å². The molecule has 4 heterocycles. The van der Waals surface area contributed by atoms with Crippen LogP contribution in [0.5, 0.6) is 0 Å². The average molecular weight is 523 g/mol. The quantitative estimate of drug-likeness (QED) is 0.240. The Hall–Kier alpha value is -3.94. The predicted molar refractivity (Wildman–Crippen MR) is 160 cm³/mol. The highest BCUT2D eigenvalue weighted by Crippen LogP contribution is 2.27. The molecule has 0 radical (unpaired) electrons. The van der Waals surface area contributed by atoms with Crippen molar-refractivity contribution in [2.45, 2.75) is 58.9 Å². The van der Waals surface area contributed by atoms with Gasteiger partial charge in [-0.2, -0.15) is 20.1 Å². The van der Waals surface area contributed by atoms with E-state index in [9.17, 15) is 0 Å². The molecule has 6 rings (SSSR count). The molecule has 2 aliphatic heterocycles. The minimum atomic E-state index is 0.503. The molecule has 0 bridgehead atoms. The summed E-state index contributed by atoms with van der Waals surface area (Å²) in [6.45, 7) is 9.14. The number of benzene rings is 2. The number of hydrogen-bond donors (Lipinski definition) is 1. The number of nitrogens with one attached hydrogen (secondary N) is 1. The van der Waals surface area contributed by atoms with Crippen molar-refractivity contribution in [2.24, 2.45) is 5.10 Å². The Kier molecular flexibility index (Phi) is 7.43. The molecule has 0 saturated carbocycles. The van der Waals surface area contributed by atoms with Gasteiger partial charge >= 0.3 is 0 Å². The summed E-state index contributed by atoms with van der Waals surface area (Å²) in [6, 6.07) is 17.1. The smallest absolute Gasteiger partial charge is 0.250 e. The zero-order chi connectivity index (χ0) is 26.6. The molecule has 0 unspecified atom stereocenters. The van der Waals surface area contributed by atoms with Crippen LogP contribution in [-0.2, 0) is 6.54 Å². The van der Waals surface area contributed by atoms with E-state index in [2.05, 4.69) is 87.3 Å². The number of rotatable bonds is 7. The van der Waals surface area contributed by atoms with Crippen molar-refractivity contribution in [1.29, 1.82) is 0 Å². The summed E-state index contributed by atoms with van der Waals surface area (Å²) in [5, 5.41) is 5.84. The number of aromatic nitrogens is 4. The monoisotopic (exact) mass is 522 g/mol. The summed E-state index contributed by atoms with van der Waals surface area (Å²) in [5.74, 6) is 2.02. The van der Waals surface area contributed by atoms with E-state index in [1.165, 1.54) is 66.2 Å². The van der Waals surface area contributed by atoms with Gasteiger partial charge in [0.1, 0.15) is 0 Å². The van der Waals surface area contributed by atoms with E-state index in [0.717, 1.165) is 50.2 Å². The summed E-state index contributed by atoms with van der Waals surface area (Å²) < 4.78 is 2.38. The Bertz CT molecular complexity index is 1420.